The molecule has 0 N–H and O–H groups in total. The van der Waals surface area contributed by atoms with E-state index in [0.717, 1.165) is 24.3 Å². The normalized spacial score (nSPS) is 20.0. The molecule has 3 rings (SSSR count). The van der Waals surface area contributed by atoms with E-state index in [0.29, 0.717) is 24.1 Å². The van der Waals surface area contributed by atoms with Crippen LogP contribution in [-0.4, -0.2) is 28.5 Å². The molecule has 0 saturated carbocycles. The van der Waals surface area contributed by atoms with Crippen molar-refractivity contribution < 1.29 is 13.8 Å². The summed E-state index contributed by atoms with van der Waals surface area (Å²) in [5.74, 6) is 2.12. The molecule has 0 unspecified atom stereocenters. The molecular weight excluding hydrogens is 222 g/mol. The predicted octanol–water partition coefficient (Wildman–Crippen LogP) is 1.85. The highest BCUT2D eigenvalue weighted by molar-refractivity contribution is 5.57. The average Bonchev–Trinajstić information content (AvgIpc) is 2.98. The first-order valence-corrected chi connectivity index (χ1v) is 5.60. The van der Waals surface area contributed by atoms with Gasteiger partial charge < -0.3 is 13.8 Å². The van der Waals surface area contributed by atoms with Crippen molar-refractivity contribution in [3.63, 3.8) is 0 Å². The molecule has 6 heteroatoms. The summed E-state index contributed by atoms with van der Waals surface area (Å²) in [7, 11) is 0. The number of hydrogen-bond donors (Lipinski definition) is 0. The van der Waals surface area contributed by atoms with Gasteiger partial charge in [0.15, 0.2) is 5.82 Å². The van der Waals surface area contributed by atoms with Crippen LogP contribution in [-0.2, 0) is 4.74 Å². The van der Waals surface area contributed by atoms with Crippen LogP contribution in [0.25, 0.3) is 11.5 Å². The molecule has 1 fully saturated rings. The lowest BCUT2D eigenvalue weighted by Crippen LogP contribution is -1.99. The van der Waals surface area contributed by atoms with E-state index in [9.17, 15) is 0 Å². The van der Waals surface area contributed by atoms with E-state index in [1.54, 1.807) is 0 Å². The second-order valence-corrected chi connectivity index (χ2v) is 4.22. The molecule has 3 heterocycles. The lowest BCUT2D eigenvalue weighted by atomic mass is 10.1. The van der Waals surface area contributed by atoms with E-state index in [1.807, 2.05) is 13.8 Å². The quantitative estimate of drug-likeness (QED) is 0.790. The Morgan fingerprint density at radius 2 is 2.06 bits per heavy atom. The van der Waals surface area contributed by atoms with Crippen LogP contribution in [0.3, 0.4) is 0 Å². The monoisotopic (exact) mass is 235 g/mol. The van der Waals surface area contributed by atoms with Crippen LogP contribution in [0.1, 0.15) is 29.6 Å². The van der Waals surface area contributed by atoms with Gasteiger partial charge in [-0.05, 0) is 20.3 Å². The summed E-state index contributed by atoms with van der Waals surface area (Å²) in [5.41, 5.74) is 1.56. The molecule has 2 aromatic heterocycles. The zero-order valence-corrected chi connectivity index (χ0v) is 9.77. The van der Waals surface area contributed by atoms with Crippen LogP contribution >= 0.6 is 0 Å². The molecule has 1 saturated heterocycles. The molecule has 2 aromatic rings. The number of aromatic nitrogens is 3. The SMILES string of the molecule is Cc1noc(C)c1-c1nc([C@H]2CCOC2)no1. The third-order valence-electron chi connectivity index (χ3n) is 2.98. The maximum absolute atomic E-state index is 5.31. The molecule has 0 amide bonds. The van der Waals surface area contributed by atoms with Crippen molar-refractivity contribution in [2.45, 2.75) is 26.2 Å². The van der Waals surface area contributed by atoms with Gasteiger partial charge in [-0.1, -0.05) is 10.3 Å². The van der Waals surface area contributed by atoms with E-state index in [4.69, 9.17) is 13.8 Å². The van der Waals surface area contributed by atoms with Gasteiger partial charge in [-0.25, -0.2) is 0 Å². The molecule has 1 atom stereocenters. The lowest BCUT2D eigenvalue weighted by Gasteiger charge is -1.97. The molecule has 0 spiro atoms. The third kappa shape index (κ3) is 1.74. The van der Waals surface area contributed by atoms with Crippen molar-refractivity contribution in [2.24, 2.45) is 0 Å². The van der Waals surface area contributed by atoms with E-state index in [1.165, 1.54) is 0 Å². The van der Waals surface area contributed by atoms with Crippen LogP contribution in [0, 0.1) is 13.8 Å². The average molecular weight is 235 g/mol. The molecule has 1 aliphatic heterocycles. The summed E-state index contributed by atoms with van der Waals surface area (Å²) in [5, 5.41) is 7.87. The molecule has 0 radical (unpaired) electrons. The second kappa shape index (κ2) is 3.96. The van der Waals surface area contributed by atoms with Crippen LogP contribution in [0.15, 0.2) is 9.05 Å². The minimum atomic E-state index is 0.243. The largest absolute Gasteiger partial charge is 0.381 e. The summed E-state index contributed by atoms with van der Waals surface area (Å²) in [6.45, 7) is 5.12. The number of aryl methyl sites for hydroxylation is 2. The van der Waals surface area contributed by atoms with E-state index in [-0.39, 0.29) is 5.92 Å². The Bertz CT molecular complexity index is 506. The van der Waals surface area contributed by atoms with Crippen LogP contribution in [0.5, 0.6) is 0 Å². The fourth-order valence-electron chi connectivity index (χ4n) is 2.03. The highest BCUT2D eigenvalue weighted by Crippen LogP contribution is 2.28. The smallest absolute Gasteiger partial charge is 0.263 e. The van der Waals surface area contributed by atoms with Crippen molar-refractivity contribution in [3.8, 4) is 11.5 Å². The minimum Gasteiger partial charge on any atom is -0.381 e. The van der Waals surface area contributed by atoms with Gasteiger partial charge in [-0.2, -0.15) is 4.98 Å². The second-order valence-electron chi connectivity index (χ2n) is 4.22. The molecule has 90 valence electrons. The summed E-state index contributed by atoms with van der Waals surface area (Å²) >= 11 is 0. The van der Waals surface area contributed by atoms with Gasteiger partial charge in [0.25, 0.3) is 5.89 Å². The summed E-state index contributed by atoms with van der Waals surface area (Å²) in [6, 6.07) is 0. The Hall–Kier alpha value is -1.69. The highest BCUT2D eigenvalue weighted by Gasteiger charge is 2.25. The van der Waals surface area contributed by atoms with Crippen LogP contribution in [0.4, 0.5) is 0 Å². The van der Waals surface area contributed by atoms with Crippen molar-refractivity contribution >= 4 is 0 Å². The van der Waals surface area contributed by atoms with Crippen LogP contribution < -0.4 is 0 Å². The van der Waals surface area contributed by atoms with Gasteiger partial charge in [0.05, 0.1) is 12.3 Å². The molecule has 0 aliphatic carbocycles. The Kier molecular flexibility index (Phi) is 2.44. The van der Waals surface area contributed by atoms with Crippen LogP contribution in [0.2, 0.25) is 0 Å². The predicted molar refractivity (Wildman–Crippen MR) is 57.4 cm³/mol. The first-order valence-electron chi connectivity index (χ1n) is 5.60. The molecule has 17 heavy (non-hydrogen) atoms. The zero-order valence-electron chi connectivity index (χ0n) is 9.77. The fourth-order valence-corrected chi connectivity index (χ4v) is 2.03. The number of nitrogens with zero attached hydrogens (tertiary/aromatic N) is 3. The summed E-state index contributed by atoms with van der Waals surface area (Å²) in [4.78, 5) is 4.40. The lowest BCUT2D eigenvalue weighted by molar-refractivity contribution is 0.192. The molecule has 0 bridgehead atoms. The van der Waals surface area contributed by atoms with Gasteiger partial charge in [0, 0.05) is 12.5 Å². The third-order valence-corrected chi connectivity index (χ3v) is 2.98. The fraction of sp³-hybridized carbons (Fsp3) is 0.545. The van der Waals surface area contributed by atoms with Gasteiger partial charge in [0.2, 0.25) is 0 Å². The van der Waals surface area contributed by atoms with E-state index in [2.05, 4.69) is 15.3 Å². The molecule has 1 aliphatic rings. The first-order chi connectivity index (χ1) is 8.25. The van der Waals surface area contributed by atoms with Gasteiger partial charge >= 0.3 is 0 Å². The van der Waals surface area contributed by atoms with Crippen molar-refractivity contribution in [1.29, 1.82) is 0 Å². The number of ether oxygens (including phenoxy) is 1. The zero-order chi connectivity index (χ0) is 11.8. The molecular formula is C11H13N3O3. The summed E-state index contributed by atoms with van der Waals surface area (Å²) < 4.78 is 15.7. The Labute approximate surface area is 97.9 Å². The highest BCUT2D eigenvalue weighted by atomic mass is 16.5. The number of hydrogen-bond acceptors (Lipinski definition) is 6. The molecule has 0 aromatic carbocycles. The summed E-state index contributed by atoms with van der Waals surface area (Å²) in [6.07, 6.45) is 0.945. The maximum Gasteiger partial charge on any atom is 0.263 e. The van der Waals surface area contributed by atoms with Crippen molar-refractivity contribution in [3.05, 3.63) is 17.3 Å². The maximum atomic E-state index is 5.31. The van der Waals surface area contributed by atoms with Crippen molar-refractivity contribution in [2.75, 3.05) is 13.2 Å². The minimum absolute atomic E-state index is 0.243. The van der Waals surface area contributed by atoms with Gasteiger partial charge in [-0.3, -0.25) is 0 Å². The molecule has 6 nitrogen and oxygen atoms in total. The van der Waals surface area contributed by atoms with Gasteiger partial charge in [-0.15, -0.1) is 0 Å². The standard InChI is InChI=1S/C11H13N3O3/c1-6-9(7(2)16-13-6)11-12-10(14-17-11)8-3-4-15-5-8/h8H,3-5H2,1-2H3/t8-/m0/s1. The van der Waals surface area contributed by atoms with E-state index < -0.39 is 0 Å². The van der Waals surface area contributed by atoms with Gasteiger partial charge in [0.1, 0.15) is 11.3 Å². The Morgan fingerprint density at radius 1 is 1.18 bits per heavy atom. The number of rotatable bonds is 2. The topological polar surface area (TPSA) is 74.2 Å². The van der Waals surface area contributed by atoms with E-state index >= 15 is 0 Å². The first kappa shape index (κ1) is 10.5. The Balaban J connectivity index is 1.94. The van der Waals surface area contributed by atoms with Crippen molar-refractivity contribution in [1.82, 2.24) is 15.3 Å². The Morgan fingerprint density at radius 3 is 2.71 bits per heavy atom.